The van der Waals surface area contributed by atoms with Crippen LogP contribution in [0.4, 0.5) is 11.4 Å². The first-order chi connectivity index (χ1) is 7.22. The zero-order chi connectivity index (χ0) is 10.8. The van der Waals surface area contributed by atoms with E-state index in [1.54, 1.807) is 12.4 Å². The number of halogens is 1. The van der Waals surface area contributed by atoms with Crippen LogP contribution in [0.25, 0.3) is 0 Å². The van der Waals surface area contributed by atoms with E-state index in [1.165, 1.54) is 0 Å². The van der Waals surface area contributed by atoms with Crippen molar-refractivity contribution >= 4 is 23.0 Å². The van der Waals surface area contributed by atoms with E-state index in [1.807, 2.05) is 4.90 Å². The second-order valence-corrected chi connectivity index (χ2v) is 4.03. The Labute approximate surface area is 93.3 Å². The van der Waals surface area contributed by atoms with Gasteiger partial charge in [-0.2, -0.15) is 5.26 Å². The molecule has 78 valence electrons. The van der Waals surface area contributed by atoms with Crippen LogP contribution in [0.2, 0.25) is 5.02 Å². The molecular formula is C10H11ClN4. The second kappa shape index (κ2) is 3.95. The second-order valence-electron chi connectivity index (χ2n) is 3.62. The maximum atomic E-state index is 8.82. The third kappa shape index (κ3) is 1.83. The number of anilines is 2. The molecule has 5 heteroatoms. The van der Waals surface area contributed by atoms with Gasteiger partial charge in [0.25, 0.3) is 0 Å². The molecule has 0 amide bonds. The van der Waals surface area contributed by atoms with Crippen LogP contribution < -0.4 is 10.6 Å². The minimum absolute atomic E-state index is 0.0774. The van der Waals surface area contributed by atoms with Crippen molar-refractivity contribution in [1.82, 2.24) is 4.98 Å². The van der Waals surface area contributed by atoms with Crippen LogP contribution in [-0.2, 0) is 0 Å². The van der Waals surface area contributed by atoms with Gasteiger partial charge in [-0.15, -0.1) is 0 Å². The normalized spacial score (nSPS) is 20.3. The molecule has 0 bridgehead atoms. The quantitative estimate of drug-likeness (QED) is 0.785. The lowest BCUT2D eigenvalue weighted by atomic mass is 10.1. The van der Waals surface area contributed by atoms with E-state index in [2.05, 4.69) is 11.1 Å². The van der Waals surface area contributed by atoms with Gasteiger partial charge in [0.15, 0.2) is 0 Å². The first kappa shape index (κ1) is 10.1. The molecule has 1 aromatic heterocycles. The van der Waals surface area contributed by atoms with Crippen LogP contribution in [0.5, 0.6) is 0 Å². The van der Waals surface area contributed by atoms with Gasteiger partial charge in [0, 0.05) is 19.3 Å². The average Bonchev–Trinajstić information content (AvgIpc) is 2.66. The summed E-state index contributed by atoms with van der Waals surface area (Å²) < 4.78 is 0. The summed E-state index contributed by atoms with van der Waals surface area (Å²) >= 11 is 6.03. The standard InChI is InChI=1S/C10H11ClN4/c11-8-4-14-5-9(13)10(8)15-2-1-7(3-12)6-15/h4-5,7H,1-2,6,13H2. The maximum Gasteiger partial charge on any atom is 0.0843 e. The average molecular weight is 223 g/mol. The van der Waals surface area contributed by atoms with Gasteiger partial charge >= 0.3 is 0 Å². The predicted octanol–water partition coefficient (Wildman–Crippen LogP) is 1.67. The molecule has 2 rings (SSSR count). The molecule has 15 heavy (non-hydrogen) atoms. The van der Waals surface area contributed by atoms with Crippen molar-refractivity contribution in [1.29, 1.82) is 5.26 Å². The van der Waals surface area contributed by atoms with E-state index in [9.17, 15) is 0 Å². The molecule has 1 saturated heterocycles. The lowest BCUT2D eigenvalue weighted by Crippen LogP contribution is -2.21. The number of nitriles is 1. The van der Waals surface area contributed by atoms with E-state index in [0.717, 1.165) is 18.7 Å². The summed E-state index contributed by atoms with van der Waals surface area (Å²) in [4.78, 5) is 5.96. The van der Waals surface area contributed by atoms with Crippen molar-refractivity contribution in [3.63, 3.8) is 0 Å². The number of aromatic nitrogens is 1. The summed E-state index contributed by atoms with van der Waals surface area (Å²) in [7, 11) is 0. The summed E-state index contributed by atoms with van der Waals surface area (Å²) in [6.07, 6.45) is 4.03. The highest BCUT2D eigenvalue weighted by atomic mass is 35.5. The predicted molar refractivity (Wildman–Crippen MR) is 59.6 cm³/mol. The van der Waals surface area contributed by atoms with Crippen molar-refractivity contribution in [2.24, 2.45) is 5.92 Å². The summed E-state index contributed by atoms with van der Waals surface area (Å²) in [6.45, 7) is 1.52. The Morgan fingerprint density at radius 3 is 3.00 bits per heavy atom. The number of nitrogen functional groups attached to an aromatic ring is 1. The molecule has 2 N–H and O–H groups in total. The van der Waals surface area contributed by atoms with Crippen molar-refractivity contribution in [2.45, 2.75) is 6.42 Å². The number of pyridine rings is 1. The summed E-state index contributed by atoms with van der Waals surface area (Å²) in [5, 5.41) is 9.37. The molecule has 1 fully saturated rings. The molecule has 1 unspecified atom stereocenters. The molecule has 1 aliphatic heterocycles. The fourth-order valence-corrected chi connectivity index (χ4v) is 2.13. The van der Waals surface area contributed by atoms with Gasteiger partial charge in [0.05, 0.1) is 34.6 Å². The van der Waals surface area contributed by atoms with Crippen LogP contribution in [0.15, 0.2) is 12.4 Å². The lowest BCUT2D eigenvalue weighted by molar-refractivity contribution is 0.755. The highest BCUT2D eigenvalue weighted by molar-refractivity contribution is 6.33. The Morgan fingerprint density at radius 2 is 2.40 bits per heavy atom. The Kier molecular flexibility index (Phi) is 2.65. The number of rotatable bonds is 1. The number of nitrogens with zero attached hydrogens (tertiary/aromatic N) is 3. The van der Waals surface area contributed by atoms with Crippen molar-refractivity contribution in [3.05, 3.63) is 17.4 Å². The highest BCUT2D eigenvalue weighted by Crippen LogP contribution is 2.34. The molecule has 1 aromatic rings. The van der Waals surface area contributed by atoms with Crippen molar-refractivity contribution in [3.8, 4) is 6.07 Å². The van der Waals surface area contributed by atoms with Crippen molar-refractivity contribution in [2.75, 3.05) is 23.7 Å². The Balaban J connectivity index is 2.28. The van der Waals surface area contributed by atoms with E-state index < -0.39 is 0 Å². The zero-order valence-electron chi connectivity index (χ0n) is 8.15. The summed E-state index contributed by atoms with van der Waals surface area (Å²) in [6, 6.07) is 2.26. The third-order valence-corrected chi connectivity index (χ3v) is 2.86. The first-order valence-corrected chi connectivity index (χ1v) is 5.13. The van der Waals surface area contributed by atoms with Gasteiger partial charge in [-0.25, -0.2) is 0 Å². The molecule has 0 radical (unpaired) electrons. The lowest BCUT2D eigenvalue weighted by Gasteiger charge is -2.20. The topological polar surface area (TPSA) is 65.9 Å². The van der Waals surface area contributed by atoms with Crippen molar-refractivity contribution < 1.29 is 0 Å². The molecule has 1 aliphatic rings. The molecule has 0 saturated carbocycles. The van der Waals surface area contributed by atoms with Crippen LogP contribution >= 0.6 is 11.6 Å². The first-order valence-electron chi connectivity index (χ1n) is 4.76. The Morgan fingerprint density at radius 1 is 1.60 bits per heavy atom. The smallest absolute Gasteiger partial charge is 0.0843 e. The fraction of sp³-hybridized carbons (Fsp3) is 0.400. The number of hydrogen-bond donors (Lipinski definition) is 1. The summed E-state index contributed by atoms with van der Waals surface area (Å²) in [5.74, 6) is 0.0774. The largest absolute Gasteiger partial charge is 0.396 e. The molecule has 0 aliphatic carbocycles. The Hall–Kier alpha value is -1.47. The Bertz CT molecular complexity index is 392. The fourth-order valence-electron chi connectivity index (χ4n) is 1.85. The molecule has 0 aromatic carbocycles. The van der Waals surface area contributed by atoms with E-state index >= 15 is 0 Å². The minimum Gasteiger partial charge on any atom is -0.396 e. The van der Waals surface area contributed by atoms with Gasteiger partial charge in [-0.1, -0.05) is 11.6 Å². The molecular weight excluding hydrogens is 212 g/mol. The molecule has 1 atom stereocenters. The number of hydrogen-bond acceptors (Lipinski definition) is 4. The van der Waals surface area contributed by atoms with Gasteiger partial charge in [-0.05, 0) is 6.42 Å². The molecule has 0 spiro atoms. The van der Waals surface area contributed by atoms with E-state index in [-0.39, 0.29) is 5.92 Å². The van der Waals surface area contributed by atoms with Gasteiger partial charge in [0.2, 0.25) is 0 Å². The highest BCUT2D eigenvalue weighted by Gasteiger charge is 2.25. The monoisotopic (exact) mass is 222 g/mol. The van der Waals surface area contributed by atoms with E-state index in [0.29, 0.717) is 17.3 Å². The van der Waals surface area contributed by atoms with Crippen LogP contribution in [0, 0.1) is 17.2 Å². The van der Waals surface area contributed by atoms with Gasteiger partial charge in [0.1, 0.15) is 0 Å². The van der Waals surface area contributed by atoms with E-state index in [4.69, 9.17) is 22.6 Å². The zero-order valence-corrected chi connectivity index (χ0v) is 8.91. The molecule has 4 nitrogen and oxygen atoms in total. The number of nitrogens with two attached hydrogens (primary N) is 1. The maximum absolute atomic E-state index is 8.82. The molecule has 2 heterocycles. The third-order valence-electron chi connectivity index (χ3n) is 2.59. The van der Waals surface area contributed by atoms with Crippen LogP contribution in [0.1, 0.15) is 6.42 Å². The van der Waals surface area contributed by atoms with Gasteiger partial charge < -0.3 is 10.6 Å². The van der Waals surface area contributed by atoms with Crippen LogP contribution in [-0.4, -0.2) is 18.1 Å². The summed E-state index contributed by atoms with van der Waals surface area (Å²) in [5.41, 5.74) is 7.20. The van der Waals surface area contributed by atoms with Crippen LogP contribution in [0.3, 0.4) is 0 Å². The SMILES string of the molecule is N#CC1CCN(c2c(N)cncc2Cl)C1. The minimum atomic E-state index is 0.0774. The van der Waals surface area contributed by atoms with Gasteiger partial charge in [-0.3, -0.25) is 4.98 Å².